The lowest BCUT2D eigenvalue weighted by atomic mass is 9.41. The fraction of sp³-hybridized carbons (Fsp3) is 0.179. The molecule has 4 aliphatic rings. The topological polar surface area (TPSA) is 62.5 Å². The van der Waals surface area contributed by atoms with Crippen molar-refractivity contribution in [3.8, 4) is 73.6 Å². The van der Waals surface area contributed by atoms with Gasteiger partial charge in [0.15, 0.2) is 17.5 Å². The Balaban J connectivity index is 0.921. The molecule has 0 aliphatic heterocycles. The summed E-state index contributed by atoms with van der Waals surface area (Å²) in [6.45, 7) is 0. The lowest BCUT2D eigenvalue weighted by molar-refractivity contribution is -0.0281. The first-order chi connectivity index (χ1) is 29.5. The predicted octanol–water partition coefficient (Wildman–Crippen LogP) is 13.5. The number of nitriles is 1. The van der Waals surface area contributed by atoms with Crippen LogP contribution in [0.5, 0.6) is 0 Å². The molecule has 0 N–H and O–H groups in total. The van der Waals surface area contributed by atoms with Gasteiger partial charge in [-0.15, -0.1) is 0 Å². The quantitative estimate of drug-likeness (QED) is 0.154. The molecule has 12 rings (SSSR count). The number of hydrogen-bond acceptors (Lipinski definition) is 4. The number of nitrogens with zero attached hydrogens (tertiary/aromatic N) is 4. The van der Waals surface area contributed by atoms with Gasteiger partial charge in [-0.25, -0.2) is 15.0 Å². The van der Waals surface area contributed by atoms with E-state index >= 15 is 0 Å². The van der Waals surface area contributed by atoms with Crippen LogP contribution in [0.2, 0.25) is 0 Å². The van der Waals surface area contributed by atoms with Crippen molar-refractivity contribution < 1.29 is 0 Å². The van der Waals surface area contributed by atoms with Gasteiger partial charge >= 0.3 is 0 Å². The van der Waals surface area contributed by atoms with Crippen molar-refractivity contribution in [1.82, 2.24) is 15.0 Å². The molecule has 4 bridgehead atoms. The van der Waals surface area contributed by atoms with E-state index in [1.165, 1.54) is 66.3 Å². The van der Waals surface area contributed by atoms with Crippen LogP contribution in [0.25, 0.3) is 67.5 Å². The largest absolute Gasteiger partial charge is 0.208 e. The second-order valence-electron chi connectivity index (χ2n) is 17.6. The molecule has 60 heavy (non-hydrogen) atoms. The zero-order valence-electron chi connectivity index (χ0n) is 33.5. The van der Waals surface area contributed by atoms with Gasteiger partial charge in [-0.3, -0.25) is 0 Å². The molecule has 1 aromatic heterocycles. The fourth-order valence-corrected chi connectivity index (χ4v) is 11.3. The normalized spacial score (nSPS) is 21.4. The Morgan fingerprint density at radius 2 is 0.733 bits per heavy atom. The molecule has 8 aromatic rings. The van der Waals surface area contributed by atoms with Crippen molar-refractivity contribution in [3.05, 3.63) is 199 Å². The Labute approximate surface area is 352 Å². The van der Waals surface area contributed by atoms with E-state index in [2.05, 4.69) is 158 Å². The molecule has 288 valence electrons. The molecule has 7 aromatic carbocycles. The second kappa shape index (κ2) is 14.7. The molecule has 4 saturated carbocycles. The lowest BCUT2D eigenvalue weighted by Gasteiger charge is -2.63. The Morgan fingerprint density at radius 1 is 0.383 bits per heavy atom. The van der Waals surface area contributed by atoms with E-state index in [0.717, 1.165) is 45.2 Å². The third-order valence-electron chi connectivity index (χ3n) is 13.8. The minimum Gasteiger partial charge on any atom is -0.208 e. The average Bonchev–Trinajstić information content (AvgIpc) is 3.32. The van der Waals surface area contributed by atoms with Crippen LogP contribution in [0, 0.1) is 23.2 Å². The molecule has 2 atom stereocenters. The summed E-state index contributed by atoms with van der Waals surface area (Å²) in [5, 5.41) is 9.47. The zero-order valence-corrected chi connectivity index (χ0v) is 33.5. The van der Waals surface area contributed by atoms with Crippen molar-refractivity contribution in [2.45, 2.75) is 49.4 Å². The zero-order chi connectivity index (χ0) is 40.1. The number of hydrogen-bond donors (Lipinski definition) is 0. The molecular formula is C56H44N4. The van der Waals surface area contributed by atoms with Gasteiger partial charge in [0, 0.05) is 16.7 Å². The summed E-state index contributed by atoms with van der Waals surface area (Å²) in [6, 6.07) is 66.8. The van der Waals surface area contributed by atoms with Crippen LogP contribution in [0.3, 0.4) is 0 Å². The first-order valence-corrected chi connectivity index (χ1v) is 21.3. The van der Waals surface area contributed by atoms with Gasteiger partial charge < -0.3 is 0 Å². The molecular weight excluding hydrogens is 729 g/mol. The lowest BCUT2D eigenvalue weighted by Crippen LogP contribution is -2.55. The minimum absolute atomic E-state index is 0.166. The third kappa shape index (κ3) is 6.61. The van der Waals surface area contributed by atoms with Gasteiger partial charge in [0.2, 0.25) is 0 Å². The molecule has 4 nitrogen and oxygen atoms in total. The van der Waals surface area contributed by atoms with Crippen LogP contribution in [0.4, 0.5) is 0 Å². The second-order valence-corrected chi connectivity index (χ2v) is 17.6. The van der Waals surface area contributed by atoms with Crippen LogP contribution in [-0.4, -0.2) is 15.0 Å². The van der Waals surface area contributed by atoms with Crippen LogP contribution >= 0.6 is 0 Å². The summed E-state index contributed by atoms with van der Waals surface area (Å²) < 4.78 is 0. The summed E-state index contributed by atoms with van der Waals surface area (Å²) in [4.78, 5) is 15.4. The SMILES string of the molecule is N#Cc1cccc(-c2ccc(C34CC5CC(C3)CC(c3ccc(-c6nc(-c7ccc(-c8ccccc8)cc7)nc(-c7ccc(-c8ccccc8)cc7)n6)cc3)(C5)C4)cc2)c1. The first-order valence-electron chi connectivity index (χ1n) is 21.3. The van der Waals surface area contributed by atoms with Gasteiger partial charge in [-0.05, 0) is 118 Å². The molecule has 0 amide bonds. The van der Waals surface area contributed by atoms with Crippen LogP contribution in [-0.2, 0) is 10.8 Å². The highest BCUT2D eigenvalue weighted by Crippen LogP contribution is 2.66. The highest BCUT2D eigenvalue weighted by Gasteiger charge is 2.58. The van der Waals surface area contributed by atoms with E-state index in [9.17, 15) is 5.26 Å². The van der Waals surface area contributed by atoms with E-state index in [-0.39, 0.29) is 10.8 Å². The van der Waals surface area contributed by atoms with Crippen molar-refractivity contribution in [1.29, 1.82) is 5.26 Å². The summed E-state index contributed by atoms with van der Waals surface area (Å²) >= 11 is 0. The van der Waals surface area contributed by atoms with E-state index in [1.54, 1.807) is 0 Å². The van der Waals surface area contributed by atoms with Gasteiger partial charge in [-0.2, -0.15) is 5.26 Å². The maximum atomic E-state index is 9.47. The monoisotopic (exact) mass is 772 g/mol. The summed E-state index contributed by atoms with van der Waals surface area (Å²) in [6.07, 6.45) is 7.63. The summed E-state index contributed by atoms with van der Waals surface area (Å²) in [5.41, 5.74) is 13.9. The van der Waals surface area contributed by atoms with Gasteiger partial charge in [0.1, 0.15) is 0 Å². The Morgan fingerprint density at radius 3 is 1.17 bits per heavy atom. The number of benzene rings is 7. The van der Waals surface area contributed by atoms with Crippen LogP contribution in [0.15, 0.2) is 182 Å². The van der Waals surface area contributed by atoms with Crippen molar-refractivity contribution >= 4 is 0 Å². The third-order valence-corrected chi connectivity index (χ3v) is 13.8. The highest BCUT2D eigenvalue weighted by atomic mass is 15.0. The first kappa shape index (κ1) is 36.1. The van der Waals surface area contributed by atoms with Gasteiger partial charge in [0.05, 0.1) is 11.6 Å². The smallest absolute Gasteiger partial charge is 0.164 e. The van der Waals surface area contributed by atoms with E-state index < -0.39 is 0 Å². The van der Waals surface area contributed by atoms with E-state index in [4.69, 9.17) is 15.0 Å². The Hall–Kier alpha value is -6.96. The average molecular weight is 773 g/mol. The molecule has 0 spiro atoms. The van der Waals surface area contributed by atoms with E-state index in [0.29, 0.717) is 23.0 Å². The molecule has 2 unspecified atom stereocenters. The molecule has 0 saturated heterocycles. The predicted molar refractivity (Wildman–Crippen MR) is 242 cm³/mol. The van der Waals surface area contributed by atoms with Crippen molar-refractivity contribution in [3.63, 3.8) is 0 Å². The molecule has 0 radical (unpaired) electrons. The van der Waals surface area contributed by atoms with Crippen LogP contribution in [0.1, 0.15) is 55.2 Å². The van der Waals surface area contributed by atoms with Crippen molar-refractivity contribution in [2.24, 2.45) is 11.8 Å². The number of aromatic nitrogens is 3. The minimum atomic E-state index is 0.166. The van der Waals surface area contributed by atoms with Gasteiger partial charge in [0.25, 0.3) is 0 Å². The van der Waals surface area contributed by atoms with Crippen molar-refractivity contribution in [2.75, 3.05) is 0 Å². The Bertz CT molecular complexity index is 2740. The van der Waals surface area contributed by atoms with Gasteiger partial charge in [-0.1, -0.05) is 170 Å². The molecule has 4 aliphatic carbocycles. The maximum Gasteiger partial charge on any atom is 0.164 e. The summed E-state index contributed by atoms with van der Waals surface area (Å²) in [7, 11) is 0. The van der Waals surface area contributed by atoms with E-state index in [1.807, 2.05) is 30.3 Å². The summed E-state index contributed by atoms with van der Waals surface area (Å²) in [5.74, 6) is 3.50. The highest BCUT2D eigenvalue weighted by molar-refractivity contribution is 5.72. The van der Waals surface area contributed by atoms with Crippen LogP contribution < -0.4 is 0 Å². The molecule has 4 heteroatoms. The molecule has 4 fully saturated rings. The standard InChI is InChI=1S/C56H44N4/c57-36-38-8-7-13-49(31-38)45-22-26-50(27-23-45)55-32-39-30-40(33-55)35-56(34-39,37-55)51-28-24-48(25-29-51)54-59-52(46-18-14-43(15-19-46)41-9-3-1-4-10-41)58-53(60-54)47-20-16-44(17-21-47)42-11-5-2-6-12-42/h1-29,31,39-40H,30,32-35,37H2. The fourth-order valence-electron chi connectivity index (χ4n) is 11.3. The number of rotatable bonds is 8. The maximum absolute atomic E-state index is 9.47. The molecule has 1 heterocycles. The Kier molecular flexibility index (Phi) is 8.85.